The predicted molar refractivity (Wildman–Crippen MR) is 134 cm³/mol. The summed E-state index contributed by atoms with van der Waals surface area (Å²) in [5, 5.41) is 10.2. The molecule has 2 amide bonds. The van der Waals surface area contributed by atoms with Crippen LogP contribution in [0.1, 0.15) is 40.2 Å². The molecule has 0 radical (unpaired) electrons. The van der Waals surface area contributed by atoms with E-state index in [-0.39, 0.29) is 28.9 Å². The minimum Gasteiger partial charge on any atom is -0.504 e. The van der Waals surface area contributed by atoms with Crippen LogP contribution >= 0.6 is 0 Å². The molecular weight excluding hydrogens is 464 g/mol. The molecule has 0 atom stereocenters. The Bertz CT molecular complexity index is 1440. The first-order valence-corrected chi connectivity index (χ1v) is 11.6. The van der Waals surface area contributed by atoms with Crippen molar-refractivity contribution in [2.24, 2.45) is 5.73 Å². The van der Waals surface area contributed by atoms with E-state index >= 15 is 0 Å². The van der Waals surface area contributed by atoms with Gasteiger partial charge in [0.2, 0.25) is 11.3 Å². The molecule has 1 aliphatic heterocycles. The summed E-state index contributed by atoms with van der Waals surface area (Å²) in [5.74, 6) is -1.22. The van der Waals surface area contributed by atoms with E-state index < -0.39 is 11.8 Å². The van der Waals surface area contributed by atoms with Gasteiger partial charge in [-0.05, 0) is 26.3 Å². The number of amides is 2. The zero-order valence-corrected chi connectivity index (χ0v) is 20.5. The number of aromatic hydroxyl groups is 1. The summed E-state index contributed by atoms with van der Waals surface area (Å²) in [6.07, 6.45) is 3.22. The molecule has 0 unspecified atom stereocenters. The van der Waals surface area contributed by atoms with E-state index in [0.717, 1.165) is 0 Å². The molecule has 3 N–H and O–H groups in total. The van der Waals surface area contributed by atoms with Gasteiger partial charge in [0, 0.05) is 31.9 Å². The average molecular weight is 493 g/mol. The minimum atomic E-state index is -0.566. The lowest BCUT2D eigenvalue weighted by Gasteiger charge is -2.37. The monoisotopic (exact) mass is 492 g/mol. The quantitative estimate of drug-likeness (QED) is 0.501. The Morgan fingerprint density at radius 2 is 1.83 bits per heavy atom. The highest BCUT2D eigenvalue weighted by Gasteiger charge is 2.30. The Morgan fingerprint density at radius 3 is 2.44 bits per heavy atom. The van der Waals surface area contributed by atoms with E-state index in [0.29, 0.717) is 66.7 Å². The highest BCUT2D eigenvalue weighted by atomic mass is 16.3. The van der Waals surface area contributed by atoms with Crippen molar-refractivity contribution in [1.29, 1.82) is 0 Å². The van der Waals surface area contributed by atoms with Gasteiger partial charge in [0.1, 0.15) is 18.6 Å². The largest absolute Gasteiger partial charge is 0.504 e. The van der Waals surface area contributed by atoms with Crippen LogP contribution in [0.3, 0.4) is 0 Å². The van der Waals surface area contributed by atoms with E-state index in [1.54, 1.807) is 23.3 Å². The topological polar surface area (TPSA) is 160 Å². The Labute approximate surface area is 207 Å². The number of carbonyl (C=O) groups is 2. The van der Waals surface area contributed by atoms with E-state index in [2.05, 4.69) is 26.5 Å². The fourth-order valence-electron chi connectivity index (χ4n) is 4.47. The molecule has 3 aromatic heterocycles. The van der Waals surface area contributed by atoms with E-state index in [1.807, 2.05) is 11.8 Å². The van der Waals surface area contributed by atoms with Gasteiger partial charge in [-0.2, -0.15) is 0 Å². The van der Waals surface area contributed by atoms with Crippen LogP contribution in [0.5, 0.6) is 5.75 Å². The number of carbonyl (C=O) groups excluding carboxylic acids is 2. The SMILES string of the molecule is C=Cc1nc2c(=O)c(N3CCN(C(=O)c4ncnc(C)c4O)CC3)c(CC)n(CC(N)=O)c2nc1C. The number of nitrogens with zero attached hydrogens (tertiary/aromatic N) is 7. The first-order chi connectivity index (χ1) is 17.2. The van der Waals surface area contributed by atoms with E-state index in [9.17, 15) is 19.5 Å². The number of piperazine rings is 1. The highest BCUT2D eigenvalue weighted by Crippen LogP contribution is 2.25. The standard InChI is InChI=1S/C24H28N8O4/c1-5-15-13(3)28-23-18(29-15)22(35)20(16(6-2)32(23)11-17(25)33)30-7-9-31(10-8-30)24(36)19-21(34)14(4)26-12-27-19/h5,12,34H,1,6-11H2,2-4H3,(H2,25,33). The highest BCUT2D eigenvalue weighted by molar-refractivity contribution is 5.95. The van der Waals surface area contributed by atoms with Crippen molar-refractivity contribution in [3.8, 4) is 5.75 Å². The van der Waals surface area contributed by atoms with Gasteiger partial charge in [-0.25, -0.2) is 19.9 Å². The second kappa shape index (κ2) is 9.72. The number of aromatic nitrogens is 5. The Kier molecular flexibility index (Phi) is 6.69. The van der Waals surface area contributed by atoms with E-state index in [4.69, 9.17) is 5.73 Å². The molecule has 0 aromatic carbocycles. The smallest absolute Gasteiger partial charge is 0.276 e. The van der Waals surface area contributed by atoms with Crippen LogP contribution in [0, 0.1) is 13.8 Å². The minimum absolute atomic E-state index is 0.0534. The summed E-state index contributed by atoms with van der Waals surface area (Å²) in [5.41, 5.74) is 8.02. The summed E-state index contributed by atoms with van der Waals surface area (Å²) in [7, 11) is 0. The molecule has 1 aliphatic rings. The number of pyridine rings is 1. The molecule has 4 rings (SSSR count). The number of anilines is 1. The maximum absolute atomic E-state index is 13.7. The average Bonchev–Trinajstić information content (AvgIpc) is 2.86. The second-order valence-electron chi connectivity index (χ2n) is 8.54. The first-order valence-electron chi connectivity index (χ1n) is 11.6. The molecule has 12 heteroatoms. The molecule has 1 saturated heterocycles. The molecule has 12 nitrogen and oxygen atoms in total. The van der Waals surface area contributed by atoms with Crippen LogP contribution in [0.4, 0.5) is 5.69 Å². The maximum Gasteiger partial charge on any atom is 0.276 e. The lowest BCUT2D eigenvalue weighted by Crippen LogP contribution is -2.50. The zero-order chi connectivity index (χ0) is 26.1. The summed E-state index contributed by atoms with van der Waals surface area (Å²) in [4.78, 5) is 59.0. The molecule has 4 heterocycles. The molecule has 188 valence electrons. The van der Waals surface area contributed by atoms with Gasteiger partial charge in [-0.1, -0.05) is 13.5 Å². The number of rotatable bonds is 6. The third-order valence-corrected chi connectivity index (χ3v) is 6.31. The van der Waals surface area contributed by atoms with Crippen LogP contribution in [0.2, 0.25) is 0 Å². The first kappa shape index (κ1) is 24.8. The van der Waals surface area contributed by atoms with Crippen LogP contribution in [-0.2, 0) is 17.8 Å². The van der Waals surface area contributed by atoms with Gasteiger partial charge in [0.15, 0.2) is 22.6 Å². The predicted octanol–water partition coefficient (Wildman–Crippen LogP) is 0.557. The lowest BCUT2D eigenvalue weighted by atomic mass is 10.1. The Balaban J connectivity index is 1.75. The summed E-state index contributed by atoms with van der Waals surface area (Å²) in [6.45, 7) is 10.1. The van der Waals surface area contributed by atoms with Crippen LogP contribution < -0.4 is 16.1 Å². The third-order valence-electron chi connectivity index (χ3n) is 6.31. The second-order valence-corrected chi connectivity index (χ2v) is 8.54. The van der Waals surface area contributed by atoms with Crippen molar-refractivity contribution in [1.82, 2.24) is 29.4 Å². The normalized spacial score (nSPS) is 13.8. The number of aryl methyl sites for hydroxylation is 2. The zero-order valence-electron chi connectivity index (χ0n) is 20.5. The van der Waals surface area contributed by atoms with Gasteiger partial charge < -0.3 is 25.2 Å². The number of hydrogen-bond acceptors (Lipinski definition) is 9. The van der Waals surface area contributed by atoms with Gasteiger partial charge in [-0.3, -0.25) is 14.4 Å². The number of nitrogens with two attached hydrogens (primary N) is 1. The number of fused-ring (bicyclic) bond motifs is 1. The van der Waals surface area contributed by atoms with Gasteiger partial charge in [0.05, 0.1) is 17.1 Å². The van der Waals surface area contributed by atoms with E-state index in [1.165, 1.54) is 12.4 Å². The number of primary amides is 1. The fourth-order valence-corrected chi connectivity index (χ4v) is 4.47. The van der Waals surface area contributed by atoms with Crippen LogP contribution in [-0.4, -0.2) is 72.5 Å². The molecule has 0 spiro atoms. The maximum atomic E-state index is 13.7. The lowest BCUT2D eigenvalue weighted by molar-refractivity contribution is -0.118. The van der Waals surface area contributed by atoms with Gasteiger partial charge in [0.25, 0.3) is 5.91 Å². The molecule has 36 heavy (non-hydrogen) atoms. The van der Waals surface area contributed by atoms with Crippen molar-refractivity contribution in [3.05, 3.63) is 51.6 Å². The van der Waals surface area contributed by atoms with Gasteiger partial charge in [-0.15, -0.1) is 0 Å². The van der Waals surface area contributed by atoms with Crippen molar-refractivity contribution >= 4 is 34.7 Å². The van der Waals surface area contributed by atoms with Crippen LogP contribution in [0.15, 0.2) is 17.7 Å². The van der Waals surface area contributed by atoms with Gasteiger partial charge >= 0.3 is 0 Å². The summed E-state index contributed by atoms with van der Waals surface area (Å²) < 4.78 is 1.65. The molecule has 1 fully saturated rings. The number of hydrogen-bond donors (Lipinski definition) is 2. The molecule has 0 saturated carbocycles. The van der Waals surface area contributed by atoms with Crippen molar-refractivity contribution < 1.29 is 14.7 Å². The summed E-state index contributed by atoms with van der Waals surface area (Å²) >= 11 is 0. The molecule has 0 aliphatic carbocycles. The molecule has 0 bridgehead atoms. The molecular formula is C24H28N8O4. The fraction of sp³-hybridized carbons (Fsp3) is 0.375. The van der Waals surface area contributed by atoms with Crippen molar-refractivity contribution in [2.45, 2.75) is 33.7 Å². The molecule has 3 aromatic rings. The summed E-state index contributed by atoms with van der Waals surface area (Å²) in [6, 6.07) is 0. The van der Waals surface area contributed by atoms with Crippen molar-refractivity contribution in [3.63, 3.8) is 0 Å². The Morgan fingerprint density at radius 1 is 1.14 bits per heavy atom. The third kappa shape index (κ3) is 4.25. The van der Waals surface area contributed by atoms with Crippen molar-refractivity contribution in [2.75, 3.05) is 31.1 Å². The van der Waals surface area contributed by atoms with Crippen LogP contribution in [0.25, 0.3) is 17.2 Å². The Hall–Kier alpha value is -4.35.